The Morgan fingerprint density at radius 3 is 2.59 bits per heavy atom. The highest BCUT2D eigenvalue weighted by Crippen LogP contribution is 2.12. The van der Waals surface area contributed by atoms with Gasteiger partial charge in [-0.25, -0.2) is 0 Å². The van der Waals surface area contributed by atoms with E-state index in [1.807, 2.05) is 19.1 Å². The van der Waals surface area contributed by atoms with Gasteiger partial charge in [0.05, 0.1) is 6.54 Å². The van der Waals surface area contributed by atoms with Crippen LogP contribution in [0.3, 0.4) is 0 Å². The number of nitrogens with two attached hydrogens (primary N) is 1. The average molecular weight is 297 g/mol. The summed E-state index contributed by atoms with van der Waals surface area (Å²) in [6, 6.07) is 14.4. The van der Waals surface area contributed by atoms with E-state index in [4.69, 9.17) is 15.9 Å². The van der Waals surface area contributed by atoms with E-state index in [0.717, 1.165) is 5.56 Å². The van der Waals surface area contributed by atoms with Crippen molar-refractivity contribution in [2.45, 2.75) is 6.92 Å². The molecular formula is C17H19N3O2. The van der Waals surface area contributed by atoms with Crippen LogP contribution < -0.4 is 15.8 Å². The largest absolute Gasteiger partial charge is 0.492 e. The lowest BCUT2D eigenvalue weighted by molar-refractivity contribution is 0.0947. The van der Waals surface area contributed by atoms with E-state index in [9.17, 15) is 4.79 Å². The molecule has 0 bridgehead atoms. The molecular weight excluding hydrogens is 278 g/mol. The highest BCUT2D eigenvalue weighted by Gasteiger charge is 2.04. The molecule has 0 aliphatic heterocycles. The molecule has 0 atom stereocenters. The number of carbonyl (C=O) groups excluding carboxylic acids is 1. The zero-order chi connectivity index (χ0) is 15.9. The quantitative estimate of drug-likeness (QED) is 0.433. The number of amidine groups is 1. The van der Waals surface area contributed by atoms with Crippen molar-refractivity contribution in [1.82, 2.24) is 5.32 Å². The molecule has 0 spiro atoms. The van der Waals surface area contributed by atoms with Gasteiger partial charge in [0, 0.05) is 11.1 Å². The zero-order valence-corrected chi connectivity index (χ0v) is 12.4. The third-order valence-corrected chi connectivity index (χ3v) is 3.12. The zero-order valence-electron chi connectivity index (χ0n) is 12.4. The smallest absolute Gasteiger partial charge is 0.251 e. The summed E-state index contributed by atoms with van der Waals surface area (Å²) >= 11 is 0. The molecule has 0 unspecified atom stereocenters. The molecule has 0 heterocycles. The van der Waals surface area contributed by atoms with E-state index in [1.54, 1.807) is 36.4 Å². The third-order valence-electron chi connectivity index (χ3n) is 3.12. The van der Waals surface area contributed by atoms with Crippen LogP contribution in [0, 0.1) is 12.3 Å². The molecule has 5 heteroatoms. The van der Waals surface area contributed by atoms with E-state index < -0.39 is 0 Å². The maximum atomic E-state index is 11.9. The normalized spacial score (nSPS) is 10.0. The highest BCUT2D eigenvalue weighted by molar-refractivity contribution is 5.95. The van der Waals surface area contributed by atoms with Crippen LogP contribution in [-0.2, 0) is 0 Å². The molecule has 0 fully saturated rings. The number of aryl methyl sites for hydroxylation is 1. The first-order valence-electron chi connectivity index (χ1n) is 6.98. The average Bonchev–Trinajstić information content (AvgIpc) is 2.52. The Morgan fingerprint density at radius 2 is 1.91 bits per heavy atom. The van der Waals surface area contributed by atoms with Crippen molar-refractivity contribution in [3.8, 4) is 5.75 Å². The van der Waals surface area contributed by atoms with Crippen molar-refractivity contribution in [2.75, 3.05) is 13.2 Å². The van der Waals surface area contributed by atoms with E-state index >= 15 is 0 Å². The van der Waals surface area contributed by atoms with Crippen LogP contribution in [0.4, 0.5) is 0 Å². The Morgan fingerprint density at radius 1 is 1.18 bits per heavy atom. The summed E-state index contributed by atoms with van der Waals surface area (Å²) in [7, 11) is 0. The molecule has 2 aromatic carbocycles. The maximum absolute atomic E-state index is 11.9. The third kappa shape index (κ3) is 4.34. The van der Waals surface area contributed by atoms with Crippen LogP contribution in [0.2, 0.25) is 0 Å². The minimum Gasteiger partial charge on any atom is -0.492 e. The molecule has 0 radical (unpaired) electrons. The van der Waals surface area contributed by atoms with Crippen molar-refractivity contribution >= 4 is 11.7 Å². The lowest BCUT2D eigenvalue weighted by Crippen LogP contribution is -2.28. The number of carbonyl (C=O) groups is 1. The topological polar surface area (TPSA) is 88.2 Å². The molecule has 0 saturated heterocycles. The molecule has 2 aromatic rings. The monoisotopic (exact) mass is 297 g/mol. The van der Waals surface area contributed by atoms with Crippen LogP contribution in [0.25, 0.3) is 0 Å². The van der Waals surface area contributed by atoms with Crippen molar-refractivity contribution in [1.29, 1.82) is 5.41 Å². The lowest BCUT2D eigenvalue weighted by atomic mass is 10.1. The SMILES string of the molecule is Cc1ccc(C(=O)NCCOc2cccc(C(=N)N)c2)cc1. The van der Waals surface area contributed by atoms with E-state index in [2.05, 4.69) is 5.32 Å². The fraction of sp³-hybridized carbons (Fsp3) is 0.176. The molecule has 0 aliphatic rings. The molecule has 0 aliphatic carbocycles. The van der Waals surface area contributed by atoms with Crippen LogP contribution in [0.1, 0.15) is 21.5 Å². The van der Waals surface area contributed by atoms with Crippen LogP contribution in [0.5, 0.6) is 5.75 Å². The summed E-state index contributed by atoms with van der Waals surface area (Å²) < 4.78 is 5.54. The first-order chi connectivity index (χ1) is 10.6. The van der Waals surface area contributed by atoms with Crippen LogP contribution in [-0.4, -0.2) is 24.9 Å². The minimum absolute atomic E-state index is 0.00174. The number of hydrogen-bond donors (Lipinski definition) is 3. The first kappa shape index (κ1) is 15.6. The van der Waals surface area contributed by atoms with Gasteiger partial charge in [0.25, 0.3) is 5.91 Å². The summed E-state index contributed by atoms with van der Waals surface area (Å²) in [4.78, 5) is 11.9. The fourth-order valence-corrected chi connectivity index (χ4v) is 1.89. The maximum Gasteiger partial charge on any atom is 0.251 e. The van der Waals surface area contributed by atoms with Crippen molar-refractivity contribution in [3.63, 3.8) is 0 Å². The Bertz CT molecular complexity index is 666. The predicted octanol–water partition coefficient (Wildman–Crippen LogP) is 2.09. The van der Waals surface area contributed by atoms with Gasteiger partial charge in [-0.1, -0.05) is 29.8 Å². The Labute approximate surface area is 129 Å². The predicted molar refractivity (Wildman–Crippen MR) is 86.5 cm³/mol. The van der Waals surface area contributed by atoms with Gasteiger partial charge in [-0.15, -0.1) is 0 Å². The van der Waals surface area contributed by atoms with E-state index in [1.165, 1.54) is 0 Å². The van der Waals surface area contributed by atoms with Gasteiger partial charge in [-0.05, 0) is 31.2 Å². The van der Waals surface area contributed by atoms with Crippen LogP contribution >= 0.6 is 0 Å². The summed E-state index contributed by atoms with van der Waals surface area (Å²) in [5, 5.41) is 10.2. The minimum atomic E-state index is -0.124. The van der Waals surface area contributed by atoms with Gasteiger partial charge in [-0.3, -0.25) is 10.2 Å². The molecule has 0 aromatic heterocycles. The molecule has 5 nitrogen and oxygen atoms in total. The number of nitrogen functional groups attached to an aromatic ring is 1. The van der Waals surface area contributed by atoms with Gasteiger partial charge in [0.1, 0.15) is 18.2 Å². The van der Waals surface area contributed by atoms with E-state index in [-0.39, 0.29) is 11.7 Å². The Balaban J connectivity index is 1.79. The first-order valence-corrected chi connectivity index (χ1v) is 6.98. The Hall–Kier alpha value is -2.82. The van der Waals surface area contributed by atoms with Gasteiger partial charge in [0.15, 0.2) is 0 Å². The van der Waals surface area contributed by atoms with Gasteiger partial charge < -0.3 is 15.8 Å². The van der Waals surface area contributed by atoms with Gasteiger partial charge in [-0.2, -0.15) is 0 Å². The van der Waals surface area contributed by atoms with Crippen molar-refractivity contribution < 1.29 is 9.53 Å². The van der Waals surface area contributed by atoms with Gasteiger partial charge in [0.2, 0.25) is 0 Å². The number of nitrogens with one attached hydrogen (secondary N) is 2. The second kappa shape index (κ2) is 7.26. The lowest BCUT2D eigenvalue weighted by Gasteiger charge is -2.09. The summed E-state index contributed by atoms with van der Waals surface area (Å²) in [5.74, 6) is 0.497. The standard InChI is InChI=1S/C17H19N3O2/c1-12-5-7-13(8-6-12)17(21)20-9-10-22-15-4-2-3-14(11-15)16(18)19/h2-8,11H,9-10H2,1H3,(H3,18,19)(H,20,21). The number of amides is 1. The molecule has 114 valence electrons. The molecule has 1 amide bonds. The van der Waals surface area contributed by atoms with Gasteiger partial charge >= 0.3 is 0 Å². The second-order valence-corrected chi connectivity index (χ2v) is 4.91. The molecule has 0 saturated carbocycles. The van der Waals surface area contributed by atoms with Crippen LogP contribution in [0.15, 0.2) is 48.5 Å². The molecule has 4 N–H and O–H groups in total. The fourth-order valence-electron chi connectivity index (χ4n) is 1.89. The van der Waals surface area contributed by atoms with E-state index in [0.29, 0.717) is 30.0 Å². The van der Waals surface area contributed by atoms with Crippen molar-refractivity contribution in [2.24, 2.45) is 5.73 Å². The highest BCUT2D eigenvalue weighted by atomic mass is 16.5. The number of ether oxygens (including phenoxy) is 1. The molecule has 2 rings (SSSR count). The number of benzene rings is 2. The second-order valence-electron chi connectivity index (χ2n) is 4.91. The summed E-state index contributed by atoms with van der Waals surface area (Å²) in [6.45, 7) is 2.72. The Kier molecular flexibility index (Phi) is 5.14. The molecule has 22 heavy (non-hydrogen) atoms. The number of hydrogen-bond acceptors (Lipinski definition) is 3. The number of rotatable bonds is 6. The van der Waals surface area contributed by atoms with Crippen molar-refractivity contribution in [3.05, 3.63) is 65.2 Å². The summed E-state index contributed by atoms with van der Waals surface area (Å²) in [6.07, 6.45) is 0. The summed E-state index contributed by atoms with van der Waals surface area (Å²) in [5.41, 5.74) is 7.78.